The number of para-hydroxylation sites is 2. The maximum Gasteiger partial charge on any atom is 0.256 e. The van der Waals surface area contributed by atoms with Gasteiger partial charge in [0.05, 0.1) is 11.3 Å². The van der Waals surface area contributed by atoms with E-state index in [-0.39, 0.29) is 11.5 Å². The standard InChI is InChI=1S/C20H13NO3/c22-17-11-4-3-10-16(17)21-20(24)15-9-5-8-13-12-6-1-2-7-14(12)19(23)18(13)15/h1-11,22H,(H,21,24). The van der Waals surface area contributed by atoms with E-state index in [2.05, 4.69) is 5.32 Å². The Morgan fingerprint density at radius 3 is 2.25 bits per heavy atom. The number of anilines is 1. The second-order valence-corrected chi connectivity index (χ2v) is 5.57. The van der Waals surface area contributed by atoms with Gasteiger partial charge in [-0.05, 0) is 29.3 Å². The number of benzene rings is 3. The number of aromatic hydroxyl groups is 1. The fraction of sp³-hybridized carbons (Fsp3) is 0. The minimum absolute atomic E-state index is 0.0203. The van der Waals surface area contributed by atoms with E-state index in [4.69, 9.17) is 0 Å². The first-order valence-electron chi connectivity index (χ1n) is 7.53. The van der Waals surface area contributed by atoms with E-state index in [1.54, 1.807) is 36.4 Å². The molecule has 4 nitrogen and oxygen atoms in total. The zero-order valence-corrected chi connectivity index (χ0v) is 12.6. The Balaban J connectivity index is 1.78. The lowest BCUT2D eigenvalue weighted by Gasteiger charge is -2.10. The summed E-state index contributed by atoms with van der Waals surface area (Å²) in [6.07, 6.45) is 0. The van der Waals surface area contributed by atoms with Crippen molar-refractivity contribution in [2.75, 3.05) is 5.32 Å². The van der Waals surface area contributed by atoms with Crippen LogP contribution in [0.2, 0.25) is 0 Å². The lowest BCUT2D eigenvalue weighted by molar-refractivity contribution is 0.0998. The number of hydrogen-bond acceptors (Lipinski definition) is 3. The summed E-state index contributed by atoms with van der Waals surface area (Å²) in [6.45, 7) is 0. The summed E-state index contributed by atoms with van der Waals surface area (Å²) >= 11 is 0. The molecule has 4 heteroatoms. The molecule has 0 heterocycles. The van der Waals surface area contributed by atoms with Crippen LogP contribution in [0.15, 0.2) is 66.7 Å². The van der Waals surface area contributed by atoms with Gasteiger partial charge in [-0.1, -0.05) is 48.5 Å². The van der Waals surface area contributed by atoms with E-state index in [1.807, 2.05) is 24.3 Å². The van der Waals surface area contributed by atoms with Gasteiger partial charge >= 0.3 is 0 Å². The molecule has 0 aromatic heterocycles. The molecule has 1 aliphatic rings. The van der Waals surface area contributed by atoms with Crippen LogP contribution in [0, 0.1) is 0 Å². The first kappa shape index (κ1) is 14.2. The van der Waals surface area contributed by atoms with Crippen LogP contribution in [0.5, 0.6) is 5.75 Å². The Bertz CT molecular complexity index is 992. The van der Waals surface area contributed by atoms with E-state index in [0.717, 1.165) is 11.1 Å². The number of ketones is 1. The summed E-state index contributed by atoms with van der Waals surface area (Å²) in [6, 6.07) is 19.0. The Morgan fingerprint density at radius 2 is 1.46 bits per heavy atom. The van der Waals surface area contributed by atoms with Gasteiger partial charge in [0, 0.05) is 11.1 Å². The Kier molecular flexibility index (Phi) is 3.17. The van der Waals surface area contributed by atoms with Crippen LogP contribution < -0.4 is 5.32 Å². The van der Waals surface area contributed by atoms with Crippen LogP contribution in [0.4, 0.5) is 5.69 Å². The predicted molar refractivity (Wildman–Crippen MR) is 91.4 cm³/mol. The average molecular weight is 315 g/mol. The topological polar surface area (TPSA) is 66.4 Å². The highest BCUT2D eigenvalue weighted by molar-refractivity contribution is 6.26. The first-order chi connectivity index (χ1) is 11.7. The predicted octanol–water partition coefficient (Wildman–Crippen LogP) is 3.86. The Hall–Kier alpha value is -3.40. The number of rotatable bonds is 2. The van der Waals surface area contributed by atoms with Crippen molar-refractivity contribution < 1.29 is 14.7 Å². The number of carbonyl (C=O) groups excluding carboxylic acids is 2. The van der Waals surface area contributed by atoms with Gasteiger partial charge in [-0.15, -0.1) is 0 Å². The molecule has 0 saturated heterocycles. The zero-order chi connectivity index (χ0) is 16.7. The van der Waals surface area contributed by atoms with Crippen molar-refractivity contribution in [2.24, 2.45) is 0 Å². The number of fused-ring (bicyclic) bond motifs is 3. The maximum atomic E-state index is 12.7. The molecule has 3 aromatic carbocycles. The van der Waals surface area contributed by atoms with Crippen LogP contribution in [-0.4, -0.2) is 16.8 Å². The minimum atomic E-state index is -0.422. The molecule has 1 amide bonds. The van der Waals surface area contributed by atoms with Crippen molar-refractivity contribution >= 4 is 17.4 Å². The van der Waals surface area contributed by atoms with Gasteiger partial charge in [0.2, 0.25) is 0 Å². The van der Waals surface area contributed by atoms with Crippen LogP contribution in [0.1, 0.15) is 26.3 Å². The molecule has 1 aliphatic carbocycles. The maximum absolute atomic E-state index is 12.7. The number of phenols is 1. The third-order valence-electron chi connectivity index (χ3n) is 4.15. The summed E-state index contributed by atoms with van der Waals surface area (Å²) in [7, 11) is 0. The molecule has 2 N–H and O–H groups in total. The number of amides is 1. The van der Waals surface area contributed by atoms with Crippen LogP contribution >= 0.6 is 0 Å². The Morgan fingerprint density at radius 1 is 0.792 bits per heavy atom. The highest BCUT2D eigenvalue weighted by Crippen LogP contribution is 2.38. The SMILES string of the molecule is O=C(Nc1ccccc1O)c1cccc2c1C(=O)c1ccccc1-2. The molecule has 0 radical (unpaired) electrons. The summed E-state index contributed by atoms with van der Waals surface area (Å²) < 4.78 is 0. The van der Waals surface area contributed by atoms with E-state index < -0.39 is 5.91 Å². The van der Waals surface area contributed by atoms with Crippen molar-refractivity contribution in [3.05, 3.63) is 83.4 Å². The summed E-state index contributed by atoms with van der Waals surface area (Å²) in [5.74, 6) is -0.592. The summed E-state index contributed by atoms with van der Waals surface area (Å²) in [5, 5.41) is 12.5. The third-order valence-corrected chi connectivity index (χ3v) is 4.15. The van der Waals surface area contributed by atoms with Gasteiger partial charge < -0.3 is 10.4 Å². The summed E-state index contributed by atoms with van der Waals surface area (Å²) in [5.41, 5.74) is 3.23. The molecule has 3 aromatic rings. The molecule has 0 spiro atoms. The number of hydrogen-bond donors (Lipinski definition) is 2. The van der Waals surface area contributed by atoms with Crippen LogP contribution in [0.25, 0.3) is 11.1 Å². The fourth-order valence-electron chi connectivity index (χ4n) is 3.03. The number of carbonyl (C=O) groups is 2. The molecule has 4 rings (SSSR count). The molecule has 0 bridgehead atoms. The van der Waals surface area contributed by atoms with Gasteiger partial charge in [0.25, 0.3) is 5.91 Å². The van der Waals surface area contributed by atoms with E-state index >= 15 is 0 Å². The van der Waals surface area contributed by atoms with Crippen LogP contribution in [0.3, 0.4) is 0 Å². The highest BCUT2D eigenvalue weighted by Gasteiger charge is 2.30. The van der Waals surface area contributed by atoms with Gasteiger partial charge in [-0.3, -0.25) is 9.59 Å². The monoisotopic (exact) mass is 315 g/mol. The van der Waals surface area contributed by atoms with E-state index in [9.17, 15) is 14.7 Å². The number of phenolic OH excluding ortho intramolecular Hbond substituents is 1. The highest BCUT2D eigenvalue weighted by atomic mass is 16.3. The molecule has 0 fully saturated rings. The molecule has 116 valence electrons. The minimum Gasteiger partial charge on any atom is -0.506 e. The number of nitrogens with one attached hydrogen (secondary N) is 1. The normalized spacial score (nSPS) is 11.8. The van der Waals surface area contributed by atoms with Crippen LogP contribution in [-0.2, 0) is 0 Å². The molecular formula is C20H13NO3. The molecular weight excluding hydrogens is 302 g/mol. The van der Waals surface area contributed by atoms with E-state index in [0.29, 0.717) is 22.4 Å². The third kappa shape index (κ3) is 2.08. The molecule has 24 heavy (non-hydrogen) atoms. The van der Waals surface area contributed by atoms with Crippen molar-refractivity contribution in [1.29, 1.82) is 0 Å². The zero-order valence-electron chi connectivity index (χ0n) is 12.6. The van der Waals surface area contributed by atoms with Gasteiger partial charge in [0.15, 0.2) is 5.78 Å². The van der Waals surface area contributed by atoms with Gasteiger partial charge in [-0.25, -0.2) is 0 Å². The van der Waals surface area contributed by atoms with Gasteiger partial charge in [0.1, 0.15) is 5.75 Å². The smallest absolute Gasteiger partial charge is 0.256 e. The summed E-state index contributed by atoms with van der Waals surface area (Å²) in [4.78, 5) is 25.4. The average Bonchev–Trinajstić information content (AvgIpc) is 2.90. The fourth-order valence-corrected chi connectivity index (χ4v) is 3.03. The largest absolute Gasteiger partial charge is 0.506 e. The second kappa shape index (κ2) is 5.35. The molecule has 0 atom stereocenters. The molecule has 0 aliphatic heterocycles. The Labute approximate surface area is 138 Å². The van der Waals surface area contributed by atoms with Gasteiger partial charge in [-0.2, -0.15) is 0 Å². The van der Waals surface area contributed by atoms with Crippen molar-refractivity contribution in [1.82, 2.24) is 0 Å². The lowest BCUT2D eigenvalue weighted by atomic mass is 10.00. The van der Waals surface area contributed by atoms with E-state index in [1.165, 1.54) is 6.07 Å². The molecule has 0 unspecified atom stereocenters. The van der Waals surface area contributed by atoms with Crippen molar-refractivity contribution in [3.63, 3.8) is 0 Å². The first-order valence-corrected chi connectivity index (χ1v) is 7.53. The lowest BCUT2D eigenvalue weighted by Crippen LogP contribution is -2.15. The van der Waals surface area contributed by atoms with Crippen molar-refractivity contribution in [3.8, 4) is 16.9 Å². The second-order valence-electron chi connectivity index (χ2n) is 5.57. The molecule has 0 saturated carbocycles. The van der Waals surface area contributed by atoms with Crippen molar-refractivity contribution in [2.45, 2.75) is 0 Å². The quantitative estimate of drug-likeness (QED) is 0.552.